The highest BCUT2D eigenvalue weighted by Crippen LogP contribution is 2.35. The second-order valence-corrected chi connectivity index (χ2v) is 9.74. The molecular formula is C23H23B2FN6O2. The number of carbonyl (C=O) groups excluding carboxylic acids is 1. The molecule has 1 saturated heterocycles. The van der Waals surface area contributed by atoms with Crippen LogP contribution < -0.4 is 10.2 Å². The van der Waals surface area contributed by atoms with E-state index in [1.807, 2.05) is 39.7 Å². The lowest BCUT2D eigenvalue weighted by atomic mass is 9.60. The fourth-order valence-corrected chi connectivity index (χ4v) is 4.83. The van der Waals surface area contributed by atoms with Crippen molar-refractivity contribution in [1.29, 1.82) is 5.26 Å². The van der Waals surface area contributed by atoms with E-state index < -0.39 is 16.8 Å². The van der Waals surface area contributed by atoms with Gasteiger partial charge in [-0.05, 0) is 38.0 Å². The number of hydrogen-bond donors (Lipinski definition) is 2. The number of piperidine rings is 1. The Labute approximate surface area is 198 Å². The normalized spacial score (nSPS) is 21.1. The van der Waals surface area contributed by atoms with E-state index in [1.54, 1.807) is 16.9 Å². The Morgan fingerprint density at radius 3 is 2.82 bits per heavy atom. The minimum absolute atomic E-state index is 0.0867. The second-order valence-electron chi connectivity index (χ2n) is 9.74. The number of aliphatic hydroxyl groups is 1. The summed E-state index contributed by atoms with van der Waals surface area (Å²) < 4.78 is 16.5. The second kappa shape index (κ2) is 7.70. The number of hydrogen-bond acceptors (Lipinski definition) is 6. The first kappa shape index (κ1) is 22.2. The van der Waals surface area contributed by atoms with Gasteiger partial charge in [0, 0.05) is 30.7 Å². The molecule has 1 aromatic carbocycles. The first-order valence-corrected chi connectivity index (χ1v) is 11.2. The number of rotatable bonds is 3. The maximum atomic E-state index is 14.9. The molecule has 4 heterocycles. The number of nitrogens with zero attached hydrogens (tertiary/aromatic N) is 5. The molecule has 1 amide bonds. The Morgan fingerprint density at radius 1 is 1.29 bits per heavy atom. The van der Waals surface area contributed by atoms with Crippen LogP contribution >= 0.6 is 0 Å². The molecule has 1 atom stereocenters. The molecule has 0 saturated carbocycles. The van der Waals surface area contributed by atoms with E-state index in [4.69, 9.17) is 5.10 Å². The molecule has 0 spiro atoms. The topological polar surface area (TPSA) is 107 Å². The maximum Gasteiger partial charge on any atom is 0.254 e. The highest BCUT2D eigenvalue weighted by molar-refractivity contribution is 6.42. The number of pyridine rings is 1. The van der Waals surface area contributed by atoms with Crippen LogP contribution in [0.5, 0.6) is 0 Å². The zero-order valence-corrected chi connectivity index (χ0v) is 19.3. The zero-order valence-electron chi connectivity index (χ0n) is 19.3. The number of aromatic nitrogens is 3. The third kappa shape index (κ3) is 3.64. The summed E-state index contributed by atoms with van der Waals surface area (Å²) in [7, 11) is 3.66. The predicted molar refractivity (Wildman–Crippen MR) is 130 cm³/mol. The number of fused-ring (bicyclic) bond motifs is 1. The number of halogens is 1. The van der Waals surface area contributed by atoms with Gasteiger partial charge in [-0.15, -0.1) is 0 Å². The Bertz CT molecular complexity index is 1360. The number of carbonyl (C=O) groups is 1. The summed E-state index contributed by atoms with van der Waals surface area (Å²) in [5, 5.41) is 26.9. The molecule has 5 rings (SSSR count). The monoisotopic (exact) mass is 456 g/mol. The molecule has 11 heteroatoms. The van der Waals surface area contributed by atoms with Gasteiger partial charge >= 0.3 is 0 Å². The third-order valence-corrected chi connectivity index (χ3v) is 6.45. The number of β-amino-alcohol motifs (C(OH)–C–C–N with tert-alkyl or cyclic N) is 1. The first-order chi connectivity index (χ1) is 16.1. The molecule has 0 unspecified atom stereocenters. The van der Waals surface area contributed by atoms with Crippen molar-refractivity contribution in [3.05, 3.63) is 59.2 Å². The van der Waals surface area contributed by atoms with Crippen molar-refractivity contribution < 1.29 is 14.3 Å². The number of amides is 1. The lowest BCUT2D eigenvalue weighted by Crippen LogP contribution is -2.46. The Hall–Kier alpha value is -3.64. The van der Waals surface area contributed by atoms with Gasteiger partial charge in [0.05, 0.1) is 45.4 Å². The van der Waals surface area contributed by atoms with Crippen molar-refractivity contribution in [3.8, 4) is 23.0 Å². The largest absolute Gasteiger partial charge is 0.388 e. The van der Waals surface area contributed by atoms with Crippen LogP contribution in [0.2, 0.25) is 0 Å². The summed E-state index contributed by atoms with van der Waals surface area (Å²) in [6.07, 6.45) is 3.31. The third-order valence-electron chi connectivity index (χ3n) is 6.45. The molecule has 2 N–H and O–H groups in total. The van der Waals surface area contributed by atoms with Crippen molar-refractivity contribution in [2.24, 2.45) is 0 Å². The molecule has 0 aliphatic carbocycles. The van der Waals surface area contributed by atoms with E-state index in [0.717, 1.165) is 19.4 Å². The van der Waals surface area contributed by atoms with Crippen molar-refractivity contribution in [2.45, 2.75) is 30.7 Å². The van der Waals surface area contributed by atoms with Gasteiger partial charge in [0.15, 0.2) is 5.82 Å². The SMILES string of the molecule is BC1(B)NC(=O)c2c(-n3ccc(N4CCC[C@@](C)(O)C4)n3)cc(-c3c(F)cccc3C#N)nc21. The van der Waals surface area contributed by atoms with Crippen LogP contribution in [0.1, 0.15) is 41.4 Å². The lowest BCUT2D eigenvalue weighted by Gasteiger charge is -2.36. The fraction of sp³-hybridized carbons (Fsp3) is 0.304. The highest BCUT2D eigenvalue weighted by Gasteiger charge is 2.40. The molecule has 2 aliphatic rings. The Balaban J connectivity index is 1.68. The Kier molecular flexibility index (Phi) is 5.02. The number of nitrogens with one attached hydrogen (secondary N) is 1. The van der Waals surface area contributed by atoms with Crippen molar-refractivity contribution in [3.63, 3.8) is 0 Å². The fourth-order valence-electron chi connectivity index (χ4n) is 4.83. The molecule has 8 nitrogen and oxygen atoms in total. The van der Waals surface area contributed by atoms with E-state index >= 15 is 0 Å². The molecule has 0 bridgehead atoms. The van der Waals surface area contributed by atoms with Crippen LogP contribution in [0.25, 0.3) is 16.9 Å². The van der Waals surface area contributed by atoms with Crippen molar-refractivity contribution in [2.75, 3.05) is 18.0 Å². The van der Waals surface area contributed by atoms with Crippen molar-refractivity contribution in [1.82, 2.24) is 20.1 Å². The average Bonchev–Trinajstić information content (AvgIpc) is 3.35. The molecule has 2 aliphatic heterocycles. The molecule has 170 valence electrons. The standard InChI is InChI=1S/C23H23B2FN6O2/c1-22(34)7-3-8-31(12-22)17-6-9-32(30-17)16-10-15(18-13(11-27)4-2-5-14(18)26)28-20-19(16)21(33)29-23(20,24)25/h2,4-6,9-10,34H,3,7-8,12,24-25H2,1H3,(H,29,33)/t22-/m1/s1. The predicted octanol–water partition coefficient (Wildman–Crippen LogP) is 0.416. The van der Waals surface area contributed by atoms with Crippen LogP contribution in [0.4, 0.5) is 10.2 Å². The molecule has 0 radical (unpaired) electrons. The van der Waals surface area contributed by atoms with Gasteiger partial charge in [0.1, 0.15) is 21.5 Å². The average molecular weight is 456 g/mol. The minimum Gasteiger partial charge on any atom is -0.388 e. The summed E-state index contributed by atoms with van der Waals surface area (Å²) in [5.41, 5.74) is 0.985. The van der Waals surface area contributed by atoms with Crippen LogP contribution in [0.15, 0.2) is 36.5 Å². The van der Waals surface area contributed by atoms with Crippen LogP contribution in [0.3, 0.4) is 0 Å². The van der Waals surface area contributed by atoms with Crippen molar-refractivity contribution >= 4 is 27.4 Å². The first-order valence-electron chi connectivity index (χ1n) is 11.2. The van der Waals surface area contributed by atoms with E-state index in [2.05, 4.69) is 10.3 Å². The number of nitriles is 1. The van der Waals surface area contributed by atoms with Gasteiger partial charge in [-0.1, -0.05) is 6.07 Å². The van der Waals surface area contributed by atoms with E-state index in [1.165, 1.54) is 18.2 Å². The summed E-state index contributed by atoms with van der Waals surface area (Å²) in [6, 6.07) is 9.76. The quantitative estimate of drug-likeness (QED) is 0.554. The van der Waals surface area contributed by atoms with E-state index in [9.17, 15) is 19.6 Å². The highest BCUT2D eigenvalue weighted by atomic mass is 19.1. The summed E-state index contributed by atoms with van der Waals surface area (Å²) in [6.45, 7) is 3.03. The number of anilines is 1. The number of benzene rings is 1. The minimum atomic E-state index is -0.796. The van der Waals surface area contributed by atoms with E-state index in [-0.39, 0.29) is 22.7 Å². The lowest BCUT2D eigenvalue weighted by molar-refractivity contribution is 0.0447. The molecule has 34 heavy (non-hydrogen) atoms. The smallest absolute Gasteiger partial charge is 0.254 e. The molecule has 1 fully saturated rings. The van der Waals surface area contributed by atoms with Crippen LogP contribution in [0, 0.1) is 17.1 Å². The summed E-state index contributed by atoms with van der Waals surface area (Å²) in [5.74, 6) is -0.182. The van der Waals surface area contributed by atoms with Gasteiger partial charge in [-0.2, -0.15) is 10.4 Å². The summed E-state index contributed by atoms with van der Waals surface area (Å²) >= 11 is 0. The van der Waals surface area contributed by atoms with Crippen LogP contribution in [-0.2, 0) is 5.34 Å². The zero-order chi connectivity index (χ0) is 24.3. The molecular weight excluding hydrogens is 433 g/mol. The molecule has 3 aromatic rings. The van der Waals surface area contributed by atoms with Gasteiger partial charge in [0.25, 0.3) is 5.91 Å². The van der Waals surface area contributed by atoms with Gasteiger partial charge in [-0.25, -0.2) is 9.07 Å². The maximum absolute atomic E-state index is 14.9. The summed E-state index contributed by atoms with van der Waals surface area (Å²) in [4.78, 5) is 19.6. The molecule has 2 aromatic heterocycles. The van der Waals surface area contributed by atoms with Gasteiger partial charge < -0.3 is 15.3 Å². The van der Waals surface area contributed by atoms with E-state index in [0.29, 0.717) is 29.3 Å². The van der Waals surface area contributed by atoms with Crippen LogP contribution in [-0.4, -0.2) is 60.2 Å². The Morgan fingerprint density at radius 2 is 2.09 bits per heavy atom. The van der Waals surface area contributed by atoms with Gasteiger partial charge in [-0.3, -0.25) is 9.78 Å². The van der Waals surface area contributed by atoms with Gasteiger partial charge in [0.2, 0.25) is 0 Å².